The van der Waals surface area contributed by atoms with Gasteiger partial charge in [-0.3, -0.25) is 4.90 Å². The van der Waals surface area contributed by atoms with E-state index in [1.54, 1.807) is 5.57 Å². The third-order valence-corrected chi connectivity index (χ3v) is 3.65. The van der Waals surface area contributed by atoms with Crippen molar-refractivity contribution in [2.75, 3.05) is 13.6 Å². The summed E-state index contributed by atoms with van der Waals surface area (Å²) < 4.78 is 0. The van der Waals surface area contributed by atoms with Crippen LogP contribution in [0.15, 0.2) is 42.0 Å². The van der Waals surface area contributed by atoms with E-state index < -0.39 is 0 Å². The van der Waals surface area contributed by atoms with Gasteiger partial charge in [-0.2, -0.15) is 0 Å². The lowest BCUT2D eigenvalue weighted by Gasteiger charge is -2.34. The zero-order valence-corrected chi connectivity index (χ0v) is 10.5. The molecule has 0 saturated heterocycles. The Morgan fingerprint density at radius 1 is 1.25 bits per heavy atom. The van der Waals surface area contributed by atoms with E-state index in [9.17, 15) is 0 Å². The van der Waals surface area contributed by atoms with Gasteiger partial charge in [0.1, 0.15) is 0 Å². The van der Waals surface area contributed by atoms with Crippen LogP contribution in [0.2, 0.25) is 0 Å². The Balaban J connectivity index is 2.10. The first-order valence-corrected chi connectivity index (χ1v) is 6.09. The molecular formula is C15H21N. The van der Waals surface area contributed by atoms with Gasteiger partial charge in [-0.25, -0.2) is 0 Å². The average molecular weight is 215 g/mol. The predicted molar refractivity (Wildman–Crippen MR) is 69.5 cm³/mol. The van der Waals surface area contributed by atoms with Crippen molar-refractivity contribution in [1.29, 1.82) is 0 Å². The van der Waals surface area contributed by atoms with Crippen LogP contribution in [0, 0.1) is 5.92 Å². The summed E-state index contributed by atoms with van der Waals surface area (Å²) in [6.45, 7) is 5.75. The number of likely N-dealkylation sites (N-methyl/N-ethyl adjacent to an activating group) is 1. The normalized spacial score (nSPS) is 26.6. The van der Waals surface area contributed by atoms with Gasteiger partial charge in [-0.15, -0.1) is 0 Å². The van der Waals surface area contributed by atoms with Gasteiger partial charge in [0, 0.05) is 12.6 Å². The minimum Gasteiger partial charge on any atom is -0.299 e. The van der Waals surface area contributed by atoms with Crippen molar-refractivity contribution in [3.05, 3.63) is 47.5 Å². The van der Waals surface area contributed by atoms with Crippen LogP contribution in [-0.2, 0) is 6.42 Å². The van der Waals surface area contributed by atoms with Crippen molar-refractivity contribution in [3.63, 3.8) is 0 Å². The monoisotopic (exact) mass is 215 g/mol. The van der Waals surface area contributed by atoms with Crippen LogP contribution in [0.5, 0.6) is 0 Å². The first-order valence-electron chi connectivity index (χ1n) is 6.09. The predicted octanol–water partition coefficient (Wildman–Crippen LogP) is 3.13. The van der Waals surface area contributed by atoms with Crippen LogP contribution in [-0.4, -0.2) is 24.5 Å². The molecule has 0 aromatic heterocycles. The van der Waals surface area contributed by atoms with Crippen molar-refractivity contribution < 1.29 is 0 Å². The van der Waals surface area contributed by atoms with Crippen LogP contribution in [0.1, 0.15) is 19.4 Å². The minimum atomic E-state index is 0.568. The first kappa shape index (κ1) is 11.4. The molecule has 16 heavy (non-hydrogen) atoms. The maximum atomic E-state index is 2.46. The van der Waals surface area contributed by atoms with E-state index in [1.165, 1.54) is 12.1 Å². The molecule has 86 valence electrons. The van der Waals surface area contributed by atoms with E-state index in [-0.39, 0.29) is 0 Å². The topological polar surface area (TPSA) is 3.24 Å². The SMILES string of the molecule is CC1=C[C@@H](Cc2ccccc2)N(C)C[C@H]1C. The van der Waals surface area contributed by atoms with E-state index in [1.807, 2.05) is 0 Å². The van der Waals surface area contributed by atoms with Crippen molar-refractivity contribution in [2.45, 2.75) is 26.3 Å². The molecule has 0 N–H and O–H groups in total. The number of nitrogens with zero attached hydrogens (tertiary/aromatic N) is 1. The molecule has 0 saturated carbocycles. The molecule has 1 aromatic carbocycles. The van der Waals surface area contributed by atoms with Gasteiger partial charge in [0.2, 0.25) is 0 Å². The third kappa shape index (κ3) is 2.53. The second-order valence-corrected chi connectivity index (χ2v) is 5.01. The Labute approximate surface area is 98.8 Å². The summed E-state index contributed by atoms with van der Waals surface area (Å²) in [4.78, 5) is 2.46. The summed E-state index contributed by atoms with van der Waals surface area (Å²) in [5.41, 5.74) is 2.97. The van der Waals surface area contributed by atoms with E-state index in [0.717, 1.165) is 6.42 Å². The number of hydrogen-bond donors (Lipinski definition) is 0. The van der Waals surface area contributed by atoms with E-state index in [4.69, 9.17) is 0 Å². The molecule has 1 nitrogen and oxygen atoms in total. The highest BCUT2D eigenvalue weighted by molar-refractivity contribution is 5.20. The van der Waals surface area contributed by atoms with E-state index >= 15 is 0 Å². The Hall–Kier alpha value is -1.08. The van der Waals surface area contributed by atoms with Crippen molar-refractivity contribution in [1.82, 2.24) is 4.90 Å². The maximum absolute atomic E-state index is 2.46. The molecule has 1 aromatic rings. The number of benzene rings is 1. The molecular weight excluding hydrogens is 194 g/mol. The highest BCUT2D eigenvalue weighted by Gasteiger charge is 2.21. The molecule has 0 amide bonds. The lowest BCUT2D eigenvalue weighted by molar-refractivity contribution is 0.236. The lowest BCUT2D eigenvalue weighted by Crippen LogP contribution is -2.39. The summed E-state index contributed by atoms with van der Waals surface area (Å²) in [5.74, 6) is 0.706. The number of hydrogen-bond acceptors (Lipinski definition) is 1. The lowest BCUT2D eigenvalue weighted by atomic mass is 9.92. The van der Waals surface area contributed by atoms with Crippen molar-refractivity contribution in [3.8, 4) is 0 Å². The Morgan fingerprint density at radius 2 is 1.94 bits per heavy atom. The smallest absolute Gasteiger partial charge is 0.0318 e. The van der Waals surface area contributed by atoms with Crippen molar-refractivity contribution in [2.24, 2.45) is 5.92 Å². The number of rotatable bonds is 2. The molecule has 0 aliphatic carbocycles. The van der Waals surface area contributed by atoms with Crippen LogP contribution in [0.3, 0.4) is 0 Å². The molecule has 0 radical (unpaired) electrons. The quantitative estimate of drug-likeness (QED) is 0.685. The zero-order valence-electron chi connectivity index (χ0n) is 10.5. The molecule has 0 fully saturated rings. The summed E-state index contributed by atoms with van der Waals surface area (Å²) in [6, 6.07) is 11.3. The minimum absolute atomic E-state index is 0.568. The van der Waals surface area contributed by atoms with Gasteiger partial charge >= 0.3 is 0 Å². The summed E-state index contributed by atoms with van der Waals surface area (Å²) in [7, 11) is 2.23. The fourth-order valence-corrected chi connectivity index (χ4v) is 2.38. The highest BCUT2D eigenvalue weighted by atomic mass is 15.1. The third-order valence-electron chi connectivity index (χ3n) is 3.65. The molecule has 0 unspecified atom stereocenters. The fraction of sp³-hybridized carbons (Fsp3) is 0.467. The summed E-state index contributed by atoms with van der Waals surface area (Å²) in [6.07, 6.45) is 3.56. The van der Waals surface area contributed by atoms with Gasteiger partial charge in [-0.1, -0.05) is 48.9 Å². The van der Waals surface area contributed by atoms with Crippen molar-refractivity contribution >= 4 is 0 Å². The average Bonchev–Trinajstić information content (AvgIpc) is 2.27. The summed E-state index contributed by atoms with van der Waals surface area (Å²) in [5, 5.41) is 0. The van der Waals surface area contributed by atoms with Crippen LogP contribution in [0.4, 0.5) is 0 Å². The Morgan fingerprint density at radius 3 is 2.62 bits per heavy atom. The molecule has 0 spiro atoms. The van der Waals surface area contributed by atoms with Gasteiger partial charge in [-0.05, 0) is 31.9 Å². The molecule has 1 aliphatic rings. The van der Waals surface area contributed by atoms with E-state index in [0.29, 0.717) is 12.0 Å². The molecule has 1 heteroatoms. The first-order chi connectivity index (χ1) is 7.66. The molecule has 1 heterocycles. The largest absolute Gasteiger partial charge is 0.299 e. The molecule has 0 bridgehead atoms. The Kier molecular flexibility index (Phi) is 3.45. The van der Waals surface area contributed by atoms with Crippen LogP contribution in [0.25, 0.3) is 0 Å². The Bertz CT molecular complexity index is 366. The maximum Gasteiger partial charge on any atom is 0.0318 e. The van der Waals surface area contributed by atoms with Gasteiger partial charge in [0.15, 0.2) is 0 Å². The standard InChI is InChI=1S/C15H21N/c1-12-9-15(16(3)11-13(12)2)10-14-7-5-4-6-8-14/h4-9,13,15H,10-11H2,1-3H3/t13-,15+/m1/s1. The van der Waals surface area contributed by atoms with E-state index in [2.05, 4.69) is 62.2 Å². The fourth-order valence-electron chi connectivity index (χ4n) is 2.38. The van der Waals surface area contributed by atoms with Crippen LogP contribution < -0.4 is 0 Å². The van der Waals surface area contributed by atoms with Crippen LogP contribution >= 0.6 is 0 Å². The molecule has 2 rings (SSSR count). The zero-order chi connectivity index (χ0) is 11.5. The molecule has 2 atom stereocenters. The second kappa shape index (κ2) is 4.84. The highest BCUT2D eigenvalue weighted by Crippen LogP contribution is 2.22. The van der Waals surface area contributed by atoms with Gasteiger partial charge in [0.05, 0.1) is 0 Å². The molecule has 1 aliphatic heterocycles. The summed E-state index contributed by atoms with van der Waals surface area (Å²) >= 11 is 0. The second-order valence-electron chi connectivity index (χ2n) is 5.01. The van der Waals surface area contributed by atoms with Gasteiger partial charge in [0.25, 0.3) is 0 Å². The van der Waals surface area contributed by atoms with Gasteiger partial charge < -0.3 is 0 Å².